The molecule has 8 nitrogen and oxygen atoms in total. The summed E-state index contributed by atoms with van der Waals surface area (Å²) in [5, 5.41) is 12.0. The van der Waals surface area contributed by atoms with Crippen LogP contribution in [0.2, 0.25) is 0 Å². The third-order valence-corrected chi connectivity index (χ3v) is 6.58. The molecular formula is C21H37N5O3S. The lowest BCUT2D eigenvalue weighted by molar-refractivity contribution is -0.144. The molecule has 0 aliphatic carbocycles. The first-order valence-electron chi connectivity index (χ1n) is 10.4. The van der Waals surface area contributed by atoms with E-state index in [2.05, 4.69) is 19.8 Å². The molecule has 170 valence electrons. The highest BCUT2D eigenvalue weighted by molar-refractivity contribution is 7.07. The zero-order valence-corrected chi connectivity index (χ0v) is 20.4. The molecule has 0 saturated carbocycles. The fraction of sp³-hybridized carbons (Fsp3) is 0.762. The van der Waals surface area contributed by atoms with Gasteiger partial charge in [-0.2, -0.15) is 0 Å². The van der Waals surface area contributed by atoms with Crippen molar-refractivity contribution in [2.24, 2.45) is 17.5 Å². The fourth-order valence-electron chi connectivity index (χ4n) is 3.93. The topological polar surface area (TPSA) is 81.4 Å². The first-order valence-corrected chi connectivity index (χ1v) is 11.2. The second-order valence-electron chi connectivity index (χ2n) is 9.99. The maximum Gasteiger partial charge on any atom is 0.408 e. The Bertz CT molecular complexity index is 823. The van der Waals surface area contributed by atoms with Crippen molar-refractivity contribution in [3.8, 4) is 0 Å². The minimum Gasteiger partial charge on any atom is -0.465 e. The minimum absolute atomic E-state index is 0.104. The Morgan fingerprint density at radius 1 is 1.17 bits per heavy atom. The van der Waals surface area contributed by atoms with Gasteiger partial charge in [0.05, 0.1) is 0 Å². The van der Waals surface area contributed by atoms with E-state index in [0.717, 1.165) is 24.4 Å². The quantitative estimate of drug-likeness (QED) is 0.781. The molecule has 0 aromatic carbocycles. The number of aromatic nitrogens is 1. The van der Waals surface area contributed by atoms with E-state index in [0.29, 0.717) is 13.1 Å². The van der Waals surface area contributed by atoms with Crippen LogP contribution in [0.1, 0.15) is 47.2 Å². The van der Waals surface area contributed by atoms with Gasteiger partial charge < -0.3 is 14.6 Å². The van der Waals surface area contributed by atoms with E-state index >= 15 is 0 Å². The smallest absolute Gasteiger partial charge is 0.408 e. The molecule has 1 aromatic heterocycles. The van der Waals surface area contributed by atoms with Crippen LogP contribution in [0.3, 0.4) is 0 Å². The van der Waals surface area contributed by atoms with Crippen molar-refractivity contribution in [3.63, 3.8) is 0 Å². The SMILES string of the molecule is C/N=c1\scc(CN2CCN(C(=O)[C@H](N(C(=O)O)C(C)(C)C)C(C)(C)C)CC2)n1C. The molecule has 0 radical (unpaired) electrons. The Hall–Kier alpha value is -1.87. The number of hydrogen-bond acceptors (Lipinski definition) is 5. The fourth-order valence-corrected chi connectivity index (χ4v) is 4.78. The summed E-state index contributed by atoms with van der Waals surface area (Å²) in [5.41, 5.74) is 0.0270. The van der Waals surface area contributed by atoms with E-state index < -0.39 is 23.1 Å². The van der Waals surface area contributed by atoms with Crippen LogP contribution in [-0.2, 0) is 18.4 Å². The van der Waals surface area contributed by atoms with Crippen LogP contribution in [0.4, 0.5) is 4.79 Å². The van der Waals surface area contributed by atoms with Crippen molar-refractivity contribution >= 4 is 23.3 Å². The van der Waals surface area contributed by atoms with Crippen molar-refractivity contribution in [1.29, 1.82) is 0 Å². The number of piperazine rings is 1. The molecule has 1 aliphatic heterocycles. The molecule has 2 heterocycles. The molecule has 1 saturated heterocycles. The highest BCUT2D eigenvalue weighted by Crippen LogP contribution is 2.31. The molecular weight excluding hydrogens is 402 g/mol. The van der Waals surface area contributed by atoms with E-state index in [9.17, 15) is 14.7 Å². The maximum atomic E-state index is 13.5. The van der Waals surface area contributed by atoms with E-state index in [1.54, 1.807) is 18.4 Å². The number of rotatable bonds is 4. The van der Waals surface area contributed by atoms with Crippen molar-refractivity contribution < 1.29 is 14.7 Å². The van der Waals surface area contributed by atoms with E-state index in [1.807, 2.05) is 53.5 Å². The molecule has 1 N–H and O–H groups in total. The zero-order valence-electron chi connectivity index (χ0n) is 19.6. The average Bonchev–Trinajstić information content (AvgIpc) is 2.97. The molecule has 0 bridgehead atoms. The summed E-state index contributed by atoms with van der Waals surface area (Å²) in [4.78, 5) is 36.3. The third kappa shape index (κ3) is 5.43. The van der Waals surface area contributed by atoms with Crippen molar-refractivity contribution in [2.75, 3.05) is 33.2 Å². The van der Waals surface area contributed by atoms with Crippen molar-refractivity contribution in [3.05, 3.63) is 15.9 Å². The largest absolute Gasteiger partial charge is 0.465 e. The Morgan fingerprint density at radius 2 is 1.73 bits per heavy atom. The van der Waals surface area contributed by atoms with Gasteiger partial charge in [-0.05, 0) is 26.2 Å². The molecule has 1 atom stereocenters. The van der Waals surface area contributed by atoms with E-state index in [-0.39, 0.29) is 5.91 Å². The number of carboxylic acid groups (broad SMARTS) is 1. The Morgan fingerprint density at radius 3 is 2.13 bits per heavy atom. The first kappa shape index (κ1) is 24.4. The molecule has 1 aliphatic rings. The average molecular weight is 440 g/mol. The third-order valence-electron chi connectivity index (χ3n) is 5.52. The van der Waals surface area contributed by atoms with E-state index in [4.69, 9.17) is 0 Å². The standard InChI is InChI=1S/C21H37N5O3S/c1-20(2,3)16(26(19(28)29)21(4,5)6)17(27)25-11-9-24(10-12-25)13-15-14-30-18(22-7)23(15)8/h14,16H,9-13H2,1-8H3,(H,28,29)/b22-18-/t16-/m0/s1. The Balaban J connectivity index is 2.12. The second kappa shape index (κ2) is 9.09. The van der Waals surface area contributed by atoms with Crippen molar-refractivity contribution in [2.45, 2.75) is 59.7 Å². The number of amides is 2. The Labute approximate surface area is 183 Å². The number of thiazole rings is 1. The summed E-state index contributed by atoms with van der Waals surface area (Å²) in [5.74, 6) is -0.104. The zero-order chi connectivity index (χ0) is 22.9. The number of carbonyl (C=O) groups excluding carboxylic acids is 1. The number of nitrogens with zero attached hydrogens (tertiary/aromatic N) is 5. The van der Waals surface area contributed by atoms with Crippen LogP contribution in [0.25, 0.3) is 0 Å². The lowest BCUT2D eigenvalue weighted by Crippen LogP contribution is -2.63. The van der Waals surface area contributed by atoms with Gasteiger partial charge in [-0.1, -0.05) is 20.8 Å². The van der Waals surface area contributed by atoms with Gasteiger partial charge in [0.1, 0.15) is 6.04 Å². The van der Waals surface area contributed by atoms with Crippen LogP contribution in [-0.4, -0.2) is 81.2 Å². The van der Waals surface area contributed by atoms with Crippen LogP contribution in [0.5, 0.6) is 0 Å². The maximum absolute atomic E-state index is 13.5. The van der Waals surface area contributed by atoms with Crippen LogP contribution < -0.4 is 4.80 Å². The van der Waals surface area contributed by atoms with Crippen LogP contribution in [0.15, 0.2) is 10.4 Å². The minimum atomic E-state index is -1.06. The first-order chi connectivity index (χ1) is 13.8. The van der Waals surface area contributed by atoms with Gasteiger partial charge >= 0.3 is 6.09 Å². The van der Waals surface area contributed by atoms with Gasteiger partial charge in [0.15, 0.2) is 4.80 Å². The highest BCUT2D eigenvalue weighted by atomic mass is 32.1. The lowest BCUT2D eigenvalue weighted by Gasteiger charge is -2.47. The van der Waals surface area contributed by atoms with Gasteiger partial charge in [0, 0.05) is 63.4 Å². The molecule has 1 aromatic rings. The summed E-state index contributed by atoms with van der Waals surface area (Å²) in [6, 6.07) is -0.732. The summed E-state index contributed by atoms with van der Waals surface area (Å²) < 4.78 is 2.10. The normalized spacial score (nSPS) is 17.9. The molecule has 0 unspecified atom stereocenters. The summed E-state index contributed by atoms with van der Waals surface area (Å²) in [6.45, 7) is 14.8. The molecule has 0 spiro atoms. The van der Waals surface area contributed by atoms with Crippen molar-refractivity contribution in [1.82, 2.24) is 19.3 Å². The summed E-state index contributed by atoms with van der Waals surface area (Å²) >= 11 is 1.63. The monoisotopic (exact) mass is 439 g/mol. The highest BCUT2D eigenvalue weighted by Gasteiger charge is 2.46. The number of carbonyl (C=O) groups is 2. The van der Waals surface area contributed by atoms with Gasteiger partial charge in [-0.15, -0.1) is 11.3 Å². The summed E-state index contributed by atoms with van der Waals surface area (Å²) in [7, 11) is 3.82. The lowest BCUT2D eigenvalue weighted by atomic mass is 9.82. The van der Waals surface area contributed by atoms with Gasteiger partial charge in [0.25, 0.3) is 0 Å². The molecule has 2 rings (SSSR count). The van der Waals surface area contributed by atoms with E-state index in [1.165, 1.54) is 10.6 Å². The van der Waals surface area contributed by atoms with Crippen LogP contribution >= 0.6 is 11.3 Å². The molecule has 2 amide bonds. The predicted octanol–water partition coefficient (Wildman–Crippen LogP) is 2.45. The Kier molecular flexibility index (Phi) is 7.40. The molecule has 9 heteroatoms. The molecule has 30 heavy (non-hydrogen) atoms. The van der Waals surface area contributed by atoms with Gasteiger partial charge in [-0.3, -0.25) is 19.6 Å². The second-order valence-corrected chi connectivity index (χ2v) is 10.8. The van der Waals surface area contributed by atoms with Gasteiger partial charge in [-0.25, -0.2) is 4.79 Å². The summed E-state index contributed by atoms with van der Waals surface area (Å²) in [6.07, 6.45) is -1.06. The predicted molar refractivity (Wildman–Crippen MR) is 119 cm³/mol. The van der Waals surface area contributed by atoms with Gasteiger partial charge in [0.2, 0.25) is 5.91 Å². The number of hydrogen-bond donors (Lipinski definition) is 1. The van der Waals surface area contributed by atoms with Crippen LogP contribution in [0, 0.1) is 5.41 Å². The molecule has 1 fully saturated rings.